The quantitative estimate of drug-likeness (QED) is 0.746. The number of rotatable bonds is 2. The topological polar surface area (TPSA) is 76.2 Å². The number of carboxylic acid groups (broad SMARTS) is 1. The van der Waals surface area contributed by atoms with Gasteiger partial charge in [0.25, 0.3) is 0 Å². The molecule has 0 spiro atoms. The molecule has 0 unspecified atom stereocenters. The predicted molar refractivity (Wildman–Crippen MR) is 47.7 cm³/mol. The lowest BCUT2D eigenvalue weighted by atomic mass is 10.2. The van der Waals surface area contributed by atoms with Crippen molar-refractivity contribution in [2.45, 2.75) is 6.42 Å². The molecule has 1 rings (SSSR count). The standard InChI is InChI=1S/C7H7BrN2O2/c8-5-2-1-4(3-6(11)12)7(9)10-5/h1-2H,3H2,(H2,9,10)(H,11,12). The minimum absolute atomic E-state index is 0.0912. The monoisotopic (exact) mass is 230 g/mol. The van der Waals surface area contributed by atoms with Crippen LogP contribution in [0, 0.1) is 0 Å². The van der Waals surface area contributed by atoms with Gasteiger partial charge in [0, 0.05) is 5.56 Å². The van der Waals surface area contributed by atoms with Gasteiger partial charge in [-0.15, -0.1) is 0 Å². The van der Waals surface area contributed by atoms with Crippen LogP contribution in [0.5, 0.6) is 0 Å². The molecule has 3 N–H and O–H groups in total. The van der Waals surface area contributed by atoms with E-state index >= 15 is 0 Å². The zero-order chi connectivity index (χ0) is 9.14. The van der Waals surface area contributed by atoms with Crippen LogP contribution in [0.25, 0.3) is 0 Å². The number of anilines is 1. The molecule has 64 valence electrons. The van der Waals surface area contributed by atoms with Gasteiger partial charge in [-0.1, -0.05) is 6.07 Å². The Kier molecular flexibility index (Phi) is 2.65. The minimum Gasteiger partial charge on any atom is -0.481 e. The normalized spacial score (nSPS) is 9.75. The third-order valence-electron chi connectivity index (χ3n) is 1.32. The van der Waals surface area contributed by atoms with Gasteiger partial charge < -0.3 is 10.8 Å². The Morgan fingerprint density at radius 2 is 2.33 bits per heavy atom. The third kappa shape index (κ3) is 2.20. The van der Waals surface area contributed by atoms with E-state index < -0.39 is 5.97 Å². The van der Waals surface area contributed by atoms with Crippen molar-refractivity contribution in [2.24, 2.45) is 0 Å². The molecule has 0 aliphatic heterocycles. The first-order chi connectivity index (χ1) is 5.59. The summed E-state index contributed by atoms with van der Waals surface area (Å²) in [5, 5.41) is 8.47. The van der Waals surface area contributed by atoms with Crippen molar-refractivity contribution < 1.29 is 9.90 Å². The summed E-state index contributed by atoms with van der Waals surface area (Å²) < 4.78 is 0.606. The van der Waals surface area contributed by atoms with Gasteiger partial charge >= 0.3 is 5.97 Å². The first-order valence-electron chi connectivity index (χ1n) is 3.22. The van der Waals surface area contributed by atoms with E-state index in [0.29, 0.717) is 10.2 Å². The Balaban J connectivity index is 2.93. The van der Waals surface area contributed by atoms with E-state index in [2.05, 4.69) is 20.9 Å². The number of carbonyl (C=O) groups is 1. The minimum atomic E-state index is -0.911. The van der Waals surface area contributed by atoms with Gasteiger partial charge in [-0.05, 0) is 22.0 Å². The van der Waals surface area contributed by atoms with Crippen molar-refractivity contribution in [1.29, 1.82) is 0 Å². The van der Waals surface area contributed by atoms with Gasteiger partial charge in [0.2, 0.25) is 0 Å². The van der Waals surface area contributed by atoms with Crippen LogP contribution < -0.4 is 5.73 Å². The molecule has 1 aromatic heterocycles. The maximum absolute atomic E-state index is 10.3. The third-order valence-corrected chi connectivity index (χ3v) is 1.76. The van der Waals surface area contributed by atoms with Crippen molar-refractivity contribution in [1.82, 2.24) is 4.98 Å². The number of hydrogen-bond donors (Lipinski definition) is 2. The van der Waals surface area contributed by atoms with Gasteiger partial charge in [0.1, 0.15) is 10.4 Å². The van der Waals surface area contributed by atoms with Gasteiger partial charge in [-0.2, -0.15) is 0 Å². The van der Waals surface area contributed by atoms with E-state index in [1.165, 1.54) is 0 Å². The molecule has 0 atom stereocenters. The van der Waals surface area contributed by atoms with Crippen molar-refractivity contribution in [3.8, 4) is 0 Å². The lowest BCUT2D eigenvalue weighted by molar-refractivity contribution is -0.136. The van der Waals surface area contributed by atoms with Crippen LogP contribution in [-0.2, 0) is 11.2 Å². The Morgan fingerprint density at radius 1 is 1.67 bits per heavy atom. The molecule has 4 nitrogen and oxygen atoms in total. The highest BCUT2D eigenvalue weighted by Crippen LogP contribution is 2.14. The predicted octanol–water partition coefficient (Wildman–Crippen LogP) is 1.05. The van der Waals surface area contributed by atoms with Crippen LogP contribution in [0.1, 0.15) is 5.56 Å². The Morgan fingerprint density at radius 3 is 2.83 bits per heavy atom. The lowest BCUT2D eigenvalue weighted by Crippen LogP contribution is -2.04. The average Bonchev–Trinajstić information content (AvgIpc) is 1.94. The van der Waals surface area contributed by atoms with Crippen molar-refractivity contribution in [3.05, 3.63) is 22.3 Å². The molecule has 1 aromatic rings. The number of halogens is 1. The highest BCUT2D eigenvalue weighted by atomic mass is 79.9. The van der Waals surface area contributed by atoms with Crippen LogP contribution in [0.4, 0.5) is 5.82 Å². The van der Waals surface area contributed by atoms with Crippen LogP contribution in [0.2, 0.25) is 0 Å². The molecule has 5 heteroatoms. The summed E-state index contributed by atoms with van der Waals surface area (Å²) in [6.45, 7) is 0. The van der Waals surface area contributed by atoms with Crippen LogP contribution in [0.15, 0.2) is 16.7 Å². The van der Waals surface area contributed by atoms with E-state index in [0.717, 1.165) is 0 Å². The molecule has 0 bridgehead atoms. The van der Waals surface area contributed by atoms with E-state index in [4.69, 9.17) is 10.8 Å². The highest BCUT2D eigenvalue weighted by Gasteiger charge is 2.05. The second-order valence-corrected chi connectivity index (χ2v) is 3.06. The maximum Gasteiger partial charge on any atom is 0.307 e. The molecular formula is C7H7BrN2O2. The molecule has 0 aliphatic carbocycles. The molecular weight excluding hydrogens is 224 g/mol. The summed E-state index contributed by atoms with van der Waals surface area (Å²) in [4.78, 5) is 14.2. The van der Waals surface area contributed by atoms with Crippen LogP contribution in [0.3, 0.4) is 0 Å². The molecule has 0 saturated carbocycles. The number of hydrogen-bond acceptors (Lipinski definition) is 3. The van der Waals surface area contributed by atoms with Crippen LogP contribution in [-0.4, -0.2) is 16.1 Å². The van der Waals surface area contributed by atoms with E-state index in [1.54, 1.807) is 12.1 Å². The Hall–Kier alpha value is -1.10. The fourth-order valence-electron chi connectivity index (χ4n) is 0.791. The average molecular weight is 231 g/mol. The summed E-state index contributed by atoms with van der Waals surface area (Å²) in [6, 6.07) is 3.30. The van der Waals surface area contributed by atoms with E-state index in [-0.39, 0.29) is 12.2 Å². The van der Waals surface area contributed by atoms with Crippen molar-refractivity contribution in [3.63, 3.8) is 0 Å². The summed E-state index contributed by atoms with van der Waals surface area (Å²) in [6.07, 6.45) is -0.0912. The number of nitrogen functional groups attached to an aromatic ring is 1. The largest absolute Gasteiger partial charge is 0.481 e. The molecule has 0 radical (unpaired) electrons. The van der Waals surface area contributed by atoms with Crippen molar-refractivity contribution >= 4 is 27.7 Å². The fourth-order valence-corrected chi connectivity index (χ4v) is 1.11. The number of nitrogens with zero attached hydrogens (tertiary/aromatic N) is 1. The molecule has 0 fully saturated rings. The first kappa shape index (κ1) is 8.99. The van der Waals surface area contributed by atoms with Gasteiger partial charge in [-0.3, -0.25) is 4.79 Å². The summed E-state index contributed by atoms with van der Waals surface area (Å²) in [5.74, 6) is -0.655. The molecule has 1 heterocycles. The highest BCUT2D eigenvalue weighted by molar-refractivity contribution is 9.10. The second kappa shape index (κ2) is 3.53. The Labute approximate surface area is 77.5 Å². The zero-order valence-corrected chi connectivity index (χ0v) is 7.71. The molecule has 0 saturated heterocycles. The smallest absolute Gasteiger partial charge is 0.307 e. The number of carboxylic acids is 1. The summed E-state index contributed by atoms with van der Waals surface area (Å²) in [7, 11) is 0. The molecule has 0 amide bonds. The number of pyridine rings is 1. The van der Waals surface area contributed by atoms with Gasteiger partial charge in [-0.25, -0.2) is 4.98 Å². The second-order valence-electron chi connectivity index (χ2n) is 2.25. The van der Waals surface area contributed by atoms with E-state index in [9.17, 15) is 4.79 Å². The van der Waals surface area contributed by atoms with Crippen LogP contribution >= 0.6 is 15.9 Å². The molecule has 12 heavy (non-hydrogen) atoms. The summed E-state index contributed by atoms with van der Waals surface area (Å²) >= 11 is 3.12. The first-order valence-corrected chi connectivity index (χ1v) is 4.01. The fraction of sp³-hybridized carbons (Fsp3) is 0.143. The maximum atomic E-state index is 10.3. The zero-order valence-electron chi connectivity index (χ0n) is 6.12. The molecule has 0 aliphatic rings. The SMILES string of the molecule is Nc1nc(Br)ccc1CC(=O)O. The van der Waals surface area contributed by atoms with E-state index in [1.807, 2.05) is 0 Å². The Bertz CT molecular complexity index is 314. The number of aromatic nitrogens is 1. The van der Waals surface area contributed by atoms with Crippen molar-refractivity contribution in [2.75, 3.05) is 5.73 Å². The molecule has 0 aromatic carbocycles. The number of nitrogens with two attached hydrogens (primary N) is 1. The van der Waals surface area contributed by atoms with Gasteiger partial charge in [0.05, 0.1) is 6.42 Å². The number of aliphatic carboxylic acids is 1. The van der Waals surface area contributed by atoms with Gasteiger partial charge in [0.15, 0.2) is 0 Å². The lowest BCUT2D eigenvalue weighted by Gasteiger charge is -2.00. The summed E-state index contributed by atoms with van der Waals surface area (Å²) in [5.41, 5.74) is 6.00.